The SMILES string of the molecule is CCCCCCC[C@H]1CC[C@H](CC[C@H]2CC[C@H](C(F)(F)C(F)(F)C(F)(F)F)CC2)CC1. The topological polar surface area (TPSA) is 0 Å². The molecule has 2 aliphatic carbocycles. The number of alkyl halides is 7. The van der Waals surface area contributed by atoms with Gasteiger partial charge in [-0.2, -0.15) is 30.7 Å². The van der Waals surface area contributed by atoms with Gasteiger partial charge in [0.05, 0.1) is 0 Å². The highest BCUT2D eigenvalue weighted by atomic mass is 19.4. The van der Waals surface area contributed by atoms with Gasteiger partial charge in [0, 0.05) is 5.92 Å². The van der Waals surface area contributed by atoms with E-state index in [1.165, 1.54) is 64.2 Å². The Morgan fingerprint density at radius 1 is 0.548 bits per heavy atom. The lowest BCUT2D eigenvalue weighted by molar-refractivity contribution is -0.367. The molecule has 0 saturated heterocycles. The maximum atomic E-state index is 13.9. The van der Waals surface area contributed by atoms with Crippen LogP contribution in [0.5, 0.6) is 0 Å². The zero-order valence-electron chi connectivity index (χ0n) is 18.8. The third-order valence-corrected chi connectivity index (χ3v) is 7.80. The zero-order chi connectivity index (χ0) is 23.1. The first-order valence-corrected chi connectivity index (χ1v) is 12.3. The Kier molecular flexibility index (Phi) is 10.00. The second-order valence-electron chi connectivity index (χ2n) is 10.1. The Balaban J connectivity index is 1.65. The second kappa shape index (κ2) is 11.6. The molecule has 7 heteroatoms. The van der Waals surface area contributed by atoms with Gasteiger partial charge in [-0.3, -0.25) is 0 Å². The van der Waals surface area contributed by atoms with Crippen LogP contribution in [0.15, 0.2) is 0 Å². The second-order valence-corrected chi connectivity index (χ2v) is 10.1. The molecule has 2 rings (SSSR count). The summed E-state index contributed by atoms with van der Waals surface area (Å²) in [4.78, 5) is 0. The van der Waals surface area contributed by atoms with Gasteiger partial charge in [-0.15, -0.1) is 0 Å². The monoisotopic (exact) mass is 460 g/mol. The van der Waals surface area contributed by atoms with Crippen LogP contribution in [-0.4, -0.2) is 18.0 Å². The highest BCUT2D eigenvalue weighted by Gasteiger charge is 2.74. The Morgan fingerprint density at radius 3 is 1.42 bits per heavy atom. The summed E-state index contributed by atoms with van der Waals surface area (Å²) in [6.45, 7) is 2.22. The summed E-state index contributed by atoms with van der Waals surface area (Å²) in [6, 6.07) is 0. The van der Waals surface area contributed by atoms with Gasteiger partial charge in [0.15, 0.2) is 0 Å². The Bertz CT molecular complexity index is 499. The molecule has 0 aromatic heterocycles. The Hall–Kier alpha value is -0.490. The van der Waals surface area contributed by atoms with E-state index in [2.05, 4.69) is 6.92 Å². The van der Waals surface area contributed by atoms with Crippen LogP contribution in [0.25, 0.3) is 0 Å². The Labute approximate surface area is 182 Å². The van der Waals surface area contributed by atoms with Crippen LogP contribution in [0, 0.1) is 23.7 Å². The first kappa shape index (κ1) is 26.8. The average molecular weight is 461 g/mol. The molecule has 0 N–H and O–H groups in total. The highest BCUT2D eigenvalue weighted by molar-refractivity contribution is 4.97. The number of hydrogen-bond donors (Lipinski definition) is 0. The molecule has 0 aromatic carbocycles. The van der Waals surface area contributed by atoms with E-state index in [9.17, 15) is 30.7 Å². The van der Waals surface area contributed by atoms with Gasteiger partial charge in [-0.1, -0.05) is 84.0 Å². The number of hydrogen-bond acceptors (Lipinski definition) is 0. The van der Waals surface area contributed by atoms with Gasteiger partial charge in [-0.05, 0) is 43.4 Å². The molecule has 184 valence electrons. The van der Waals surface area contributed by atoms with Crippen molar-refractivity contribution in [2.75, 3.05) is 0 Å². The van der Waals surface area contributed by atoms with Crippen molar-refractivity contribution in [1.82, 2.24) is 0 Å². The first-order chi connectivity index (χ1) is 14.5. The maximum absolute atomic E-state index is 13.9. The van der Waals surface area contributed by atoms with Crippen LogP contribution in [0.2, 0.25) is 0 Å². The van der Waals surface area contributed by atoms with Gasteiger partial charge < -0.3 is 0 Å². The normalized spacial score (nSPS) is 28.6. The summed E-state index contributed by atoms with van der Waals surface area (Å²) in [7, 11) is 0. The first-order valence-electron chi connectivity index (χ1n) is 12.3. The van der Waals surface area contributed by atoms with Gasteiger partial charge in [0.2, 0.25) is 0 Å². The van der Waals surface area contributed by atoms with Crippen molar-refractivity contribution in [1.29, 1.82) is 0 Å². The van der Waals surface area contributed by atoms with E-state index < -0.39 is 23.9 Å². The van der Waals surface area contributed by atoms with Crippen molar-refractivity contribution in [3.8, 4) is 0 Å². The third kappa shape index (κ3) is 7.25. The summed E-state index contributed by atoms with van der Waals surface area (Å²) in [5.74, 6) is -11.3. The molecule has 2 saturated carbocycles. The van der Waals surface area contributed by atoms with Crippen LogP contribution in [0.4, 0.5) is 30.7 Å². The predicted molar refractivity (Wildman–Crippen MR) is 109 cm³/mol. The summed E-state index contributed by atoms with van der Waals surface area (Å²) in [5, 5.41) is 0. The van der Waals surface area contributed by atoms with Gasteiger partial charge >= 0.3 is 18.0 Å². The summed E-state index contributed by atoms with van der Waals surface area (Å²) < 4.78 is 91.6. The van der Waals surface area contributed by atoms with E-state index in [1.54, 1.807) is 0 Å². The van der Waals surface area contributed by atoms with Crippen molar-refractivity contribution in [3.63, 3.8) is 0 Å². The van der Waals surface area contributed by atoms with Crippen molar-refractivity contribution in [3.05, 3.63) is 0 Å². The molecule has 0 aromatic rings. The summed E-state index contributed by atoms with van der Waals surface area (Å²) >= 11 is 0. The molecule has 2 aliphatic rings. The van der Waals surface area contributed by atoms with Crippen LogP contribution in [0.3, 0.4) is 0 Å². The fourth-order valence-electron chi connectivity index (χ4n) is 5.58. The van der Waals surface area contributed by atoms with Crippen molar-refractivity contribution in [2.45, 2.75) is 128 Å². The molecular weight excluding hydrogens is 421 g/mol. The van der Waals surface area contributed by atoms with Crippen LogP contribution >= 0.6 is 0 Å². The predicted octanol–water partition coefficient (Wildman–Crippen LogP) is 9.57. The van der Waals surface area contributed by atoms with E-state index in [-0.39, 0.29) is 18.8 Å². The minimum Gasteiger partial charge on any atom is -0.199 e. The molecular formula is C24H39F7. The van der Waals surface area contributed by atoms with Gasteiger partial charge in [-0.25, -0.2) is 0 Å². The van der Waals surface area contributed by atoms with E-state index in [4.69, 9.17) is 0 Å². The molecule has 0 spiro atoms. The van der Waals surface area contributed by atoms with E-state index >= 15 is 0 Å². The molecule has 0 aliphatic heterocycles. The van der Waals surface area contributed by atoms with Crippen LogP contribution in [-0.2, 0) is 0 Å². The number of unbranched alkanes of at least 4 members (excludes halogenated alkanes) is 4. The molecule has 0 radical (unpaired) electrons. The maximum Gasteiger partial charge on any atom is 0.459 e. The standard InChI is InChI=1S/C24H39F7/c1-2-3-4-5-6-7-18-8-10-19(11-9-18)12-13-20-14-16-21(17-15-20)22(25,26)23(27,28)24(29,30)31/h18-21H,2-17H2,1H3/t18-,19-,20-,21-. The molecule has 31 heavy (non-hydrogen) atoms. The average Bonchev–Trinajstić information content (AvgIpc) is 2.72. The fraction of sp³-hybridized carbons (Fsp3) is 1.00. The lowest BCUT2D eigenvalue weighted by Gasteiger charge is -2.38. The van der Waals surface area contributed by atoms with E-state index in [1.807, 2.05) is 0 Å². The van der Waals surface area contributed by atoms with Gasteiger partial charge in [0.25, 0.3) is 0 Å². The van der Waals surface area contributed by atoms with Crippen molar-refractivity contribution < 1.29 is 30.7 Å². The lowest BCUT2D eigenvalue weighted by atomic mass is 9.73. The van der Waals surface area contributed by atoms with Crippen LogP contribution in [0.1, 0.15) is 110 Å². The zero-order valence-corrected chi connectivity index (χ0v) is 18.8. The highest BCUT2D eigenvalue weighted by Crippen LogP contribution is 2.53. The quantitative estimate of drug-likeness (QED) is 0.213. The fourth-order valence-corrected chi connectivity index (χ4v) is 5.58. The largest absolute Gasteiger partial charge is 0.459 e. The van der Waals surface area contributed by atoms with Gasteiger partial charge in [0.1, 0.15) is 0 Å². The Morgan fingerprint density at radius 2 is 0.968 bits per heavy atom. The third-order valence-electron chi connectivity index (χ3n) is 7.80. The molecule has 0 nitrogen and oxygen atoms in total. The summed E-state index contributed by atoms with van der Waals surface area (Å²) in [6.07, 6.45) is 8.57. The molecule has 0 bridgehead atoms. The minimum absolute atomic E-state index is 0.169. The molecule has 0 atom stereocenters. The van der Waals surface area contributed by atoms with E-state index in [0.717, 1.165) is 18.8 Å². The molecule has 0 amide bonds. The van der Waals surface area contributed by atoms with E-state index in [0.29, 0.717) is 18.8 Å². The van der Waals surface area contributed by atoms with Crippen molar-refractivity contribution in [2.24, 2.45) is 23.7 Å². The lowest BCUT2D eigenvalue weighted by Crippen LogP contribution is -2.56. The molecule has 0 unspecified atom stereocenters. The number of rotatable bonds is 11. The minimum atomic E-state index is -6.22. The molecule has 2 fully saturated rings. The summed E-state index contributed by atoms with van der Waals surface area (Å²) in [5.41, 5.74) is 0. The number of halogens is 7. The molecule has 0 heterocycles. The van der Waals surface area contributed by atoms with Crippen molar-refractivity contribution >= 4 is 0 Å². The van der Waals surface area contributed by atoms with Crippen LogP contribution < -0.4 is 0 Å². The smallest absolute Gasteiger partial charge is 0.199 e.